The number of anilines is 1. The SMILES string of the molecule is O=C1C(=O)N(c2ccccc2)[C@@H](c2ccccc2)[C@H]1c1ccccc1. The lowest BCUT2D eigenvalue weighted by Gasteiger charge is -2.28. The van der Waals surface area contributed by atoms with E-state index in [1.165, 1.54) is 0 Å². The van der Waals surface area contributed by atoms with Gasteiger partial charge in [-0.3, -0.25) is 14.5 Å². The maximum Gasteiger partial charge on any atom is 0.295 e. The summed E-state index contributed by atoms with van der Waals surface area (Å²) in [6, 6.07) is 28.4. The molecule has 0 bridgehead atoms. The number of amides is 1. The second-order valence-corrected chi connectivity index (χ2v) is 6.12. The Hall–Kier alpha value is -3.20. The minimum atomic E-state index is -0.503. The van der Waals surface area contributed by atoms with Crippen LogP contribution in [0, 0.1) is 0 Å². The van der Waals surface area contributed by atoms with E-state index in [9.17, 15) is 9.59 Å². The van der Waals surface area contributed by atoms with Crippen molar-refractivity contribution in [3.63, 3.8) is 0 Å². The van der Waals surface area contributed by atoms with Crippen LogP contribution in [0.1, 0.15) is 23.1 Å². The fourth-order valence-corrected chi connectivity index (χ4v) is 3.52. The van der Waals surface area contributed by atoms with E-state index in [4.69, 9.17) is 0 Å². The summed E-state index contributed by atoms with van der Waals surface area (Å²) in [5.41, 5.74) is 2.57. The number of carbonyl (C=O) groups excluding carboxylic acids is 2. The molecule has 0 N–H and O–H groups in total. The molecule has 3 nitrogen and oxygen atoms in total. The molecule has 2 atom stereocenters. The predicted octanol–water partition coefficient (Wildman–Crippen LogP) is 4.13. The number of rotatable bonds is 3. The summed E-state index contributed by atoms with van der Waals surface area (Å²) in [7, 11) is 0. The number of Topliss-reactive ketones (excluding diaryl/α,β-unsaturated/α-hetero) is 1. The van der Waals surface area contributed by atoms with Crippen molar-refractivity contribution in [3.8, 4) is 0 Å². The zero-order valence-electron chi connectivity index (χ0n) is 13.6. The van der Waals surface area contributed by atoms with Gasteiger partial charge in [-0.1, -0.05) is 78.9 Å². The fraction of sp³-hybridized carbons (Fsp3) is 0.0909. The van der Waals surface area contributed by atoms with Crippen LogP contribution in [-0.2, 0) is 9.59 Å². The third-order valence-electron chi connectivity index (χ3n) is 4.64. The second kappa shape index (κ2) is 6.36. The average molecular weight is 327 g/mol. The summed E-state index contributed by atoms with van der Waals surface area (Å²) in [6.45, 7) is 0. The molecule has 0 radical (unpaired) electrons. The van der Waals surface area contributed by atoms with Crippen LogP contribution >= 0.6 is 0 Å². The number of hydrogen-bond acceptors (Lipinski definition) is 2. The van der Waals surface area contributed by atoms with Crippen LogP contribution in [-0.4, -0.2) is 11.7 Å². The Morgan fingerprint density at radius 1 is 0.600 bits per heavy atom. The molecular formula is C22H17NO2. The van der Waals surface area contributed by atoms with Gasteiger partial charge >= 0.3 is 0 Å². The smallest absolute Gasteiger partial charge is 0.295 e. The summed E-state index contributed by atoms with van der Waals surface area (Å²) >= 11 is 0. The molecule has 1 aliphatic rings. The van der Waals surface area contributed by atoms with E-state index in [0.717, 1.165) is 16.8 Å². The summed E-state index contributed by atoms with van der Waals surface area (Å²) in [5, 5.41) is 0. The van der Waals surface area contributed by atoms with Gasteiger partial charge in [0, 0.05) is 5.69 Å². The number of para-hydroxylation sites is 1. The molecule has 1 saturated heterocycles. The van der Waals surface area contributed by atoms with Crippen molar-refractivity contribution in [2.45, 2.75) is 12.0 Å². The van der Waals surface area contributed by atoms with Crippen LogP contribution < -0.4 is 4.90 Å². The van der Waals surface area contributed by atoms with Crippen molar-refractivity contribution in [2.75, 3.05) is 4.90 Å². The van der Waals surface area contributed by atoms with Crippen molar-refractivity contribution in [1.29, 1.82) is 0 Å². The monoisotopic (exact) mass is 327 g/mol. The molecule has 1 fully saturated rings. The van der Waals surface area contributed by atoms with Crippen LogP contribution in [0.5, 0.6) is 0 Å². The molecule has 1 aliphatic heterocycles. The lowest BCUT2D eigenvalue weighted by molar-refractivity contribution is -0.134. The van der Waals surface area contributed by atoms with Crippen molar-refractivity contribution in [2.24, 2.45) is 0 Å². The molecular weight excluding hydrogens is 310 g/mol. The number of ketones is 1. The minimum Gasteiger partial charge on any atom is -0.297 e. The van der Waals surface area contributed by atoms with Gasteiger partial charge in [0.05, 0.1) is 12.0 Å². The van der Waals surface area contributed by atoms with Crippen molar-refractivity contribution in [3.05, 3.63) is 102 Å². The molecule has 0 unspecified atom stereocenters. The van der Waals surface area contributed by atoms with E-state index < -0.39 is 11.8 Å². The molecule has 0 aromatic heterocycles. The molecule has 25 heavy (non-hydrogen) atoms. The quantitative estimate of drug-likeness (QED) is 0.678. The van der Waals surface area contributed by atoms with Gasteiger partial charge in [0.15, 0.2) is 0 Å². The standard InChI is InChI=1S/C22H17NO2/c24-21-19(16-10-4-1-5-11-16)20(17-12-6-2-7-13-17)23(22(21)25)18-14-8-3-9-15-18/h1-15,19-20H/t19-,20+/m1/s1. The highest BCUT2D eigenvalue weighted by Gasteiger charge is 2.49. The van der Waals surface area contributed by atoms with Crippen LogP contribution in [0.3, 0.4) is 0 Å². The second-order valence-electron chi connectivity index (χ2n) is 6.12. The molecule has 1 amide bonds. The molecule has 1 heterocycles. The highest BCUT2D eigenvalue weighted by Crippen LogP contribution is 2.44. The number of benzene rings is 3. The van der Waals surface area contributed by atoms with E-state index in [-0.39, 0.29) is 11.8 Å². The lowest BCUT2D eigenvalue weighted by atomic mass is 9.87. The number of carbonyl (C=O) groups is 2. The average Bonchev–Trinajstić information content (AvgIpc) is 2.95. The first-order valence-electron chi connectivity index (χ1n) is 8.30. The Morgan fingerprint density at radius 2 is 1.08 bits per heavy atom. The van der Waals surface area contributed by atoms with Crippen LogP contribution in [0.25, 0.3) is 0 Å². The third-order valence-corrected chi connectivity index (χ3v) is 4.64. The third kappa shape index (κ3) is 2.64. The summed E-state index contributed by atoms with van der Waals surface area (Å²) in [6.07, 6.45) is 0. The molecule has 0 saturated carbocycles. The first kappa shape index (κ1) is 15.3. The summed E-state index contributed by atoms with van der Waals surface area (Å²) in [5.74, 6) is -1.31. The molecule has 122 valence electrons. The van der Waals surface area contributed by atoms with Gasteiger partial charge < -0.3 is 0 Å². The van der Waals surface area contributed by atoms with E-state index in [2.05, 4.69) is 0 Å². The Kier molecular flexibility index (Phi) is 3.90. The maximum absolute atomic E-state index is 12.9. The topological polar surface area (TPSA) is 37.4 Å². The Balaban J connectivity index is 1.89. The van der Waals surface area contributed by atoms with Crippen LogP contribution in [0.4, 0.5) is 5.69 Å². The van der Waals surface area contributed by atoms with E-state index in [1.54, 1.807) is 4.90 Å². The Morgan fingerprint density at radius 3 is 1.64 bits per heavy atom. The first-order chi connectivity index (χ1) is 12.3. The predicted molar refractivity (Wildman–Crippen MR) is 97.3 cm³/mol. The van der Waals surface area contributed by atoms with Crippen molar-refractivity contribution in [1.82, 2.24) is 0 Å². The normalized spacial score (nSPS) is 20.1. The summed E-state index contributed by atoms with van der Waals surface area (Å²) in [4.78, 5) is 27.4. The highest BCUT2D eigenvalue weighted by molar-refractivity contribution is 6.46. The van der Waals surface area contributed by atoms with Gasteiger partial charge in [0.1, 0.15) is 0 Å². The van der Waals surface area contributed by atoms with Gasteiger partial charge in [0.2, 0.25) is 5.78 Å². The van der Waals surface area contributed by atoms with E-state index >= 15 is 0 Å². The molecule has 0 spiro atoms. The number of hydrogen-bond donors (Lipinski definition) is 0. The largest absolute Gasteiger partial charge is 0.297 e. The van der Waals surface area contributed by atoms with Gasteiger partial charge in [-0.25, -0.2) is 0 Å². The lowest BCUT2D eigenvalue weighted by Crippen LogP contribution is -2.29. The molecule has 0 aliphatic carbocycles. The van der Waals surface area contributed by atoms with Crippen LogP contribution in [0.2, 0.25) is 0 Å². The van der Waals surface area contributed by atoms with Crippen molar-refractivity contribution < 1.29 is 9.59 Å². The highest BCUT2D eigenvalue weighted by atomic mass is 16.2. The van der Waals surface area contributed by atoms with Gasteiger partial charge in [0.25, 0.3) is 5.91 Å². The maximum atomic E-state index is 12.9. The van der Waals surface area contributed by atoms with Gasteiger partial charge in [-0.2, -0.15) is 0 Å². The zero-order valence-corrected chi connectivity index (χ0v) is 13.6. The molecule has 3 heteroatoms. The molecule has 4 rings (SSSR count). The number of nitrogens with zero attached hydrogens (tertiary/aromatic N) is 1. The Labute approximate surface area is 146 Å². The zero-order chi connectivity index (χ0) is 17.2. The summed E-state index contributed by atoms with van der Waals surface area (Å²) < 4.78 is 0. The van der Waals surface area contributed by atoms with E-state index in [0.29, 0.717) is 0 Å². The van der Waals surface area contributed by atoms with Gasteiger partial charge in [-0.15, -0.1) is 0 Å². The fourth-order valence-electron chi connectivity index (χ4n) is 3.52. The van der Waals surface area contributed by atoms with Gasteiger partial charge in [-0.05, 0) is 23.3 Å². The minimum absolute atomic E-state index is 0.342. The van der Waals surface area contributed by atoms with Crippen LogP contribution in [0.15, 0.2) is 91.0 Å². The Bertz CT molecular complexity index is 834. The molecule has 3 aromatic carbocycles. The first-order valence-corrected chi connectivity index (χ1v) is 8.30. The molecule has 3 aromatic rings. The van der Waals surface area contributed by atoms with E-state index in [1.807, 2.05) is 91.0 Å². The van der Waals surface area contributed by atoms with Crippen molar-refractivity contribution >= 4 is 17.4 Å².